The first kappa shape index (κ1) is 31.0. The van der Waals surface area contributed by atoms with Crippen LogP contribution in [0.2, 0.25) is 0 Å². The molecule has 1 aliphatic carbocycles. The van der Waals surface area contributed by atoms with Crippen LogP contribution in [-0.4, -0.2) is 65.3 Å². The summed E-state index contributed by atoms with van der Waals surface area (Å²) in [6.45, 7) is -1.20. The number of alkyl halides is 2. The number of thiazole rings is 1. The van der Waals surface area contributed by atoms with E-state index >= 15 is 0 Å². The fraction of sp³-hybridized carbons (Fsp3) is 0.469. The van der Waals surface area contributed by atoms with Gasteiger partial charge in [-0.05, 0) is 80.3 Å². The minimum atomic E-state index is -3.02. The van der Waals surface area contributed by atoms with Crippen molar-refractivity contribution in [1.29, 1.82) is 0 Å². The van der Waals surface area contributed by atoms with Gasteiger partial charge in [0.05, 0.1) is 12.1 Å². The minimum Gasteiger partial charge on any atom is -0.481 e. The van der Waals surface area contributed by atoms with Gasteiger partial charge >= 0.3 is 12.6 Å². The summed E-state index contributed by atoms with van der Waals surface area (Å²) in [7, 11) is 0. The minimum absolute atomic E-state index is 0.0209. The molecule has 3 fully saturated rings. The van der Waals surface area contributed by atoms with Gasteiger partial charge in [-0.2, -0.15) is 8.78 Å². The number of carbonyl (C=O) groups is 3. The number of aromatic nitrogens is 2. The molecule has 13 heteroatoms. The summed E-state index contributed by atoms with van der Waals surface area (Å²) < 4.78 is 36.5. The van der Waals surface area contributed by atoms with Crippen LogP contribution in [0, 0.1) is 11.8 Å². The van der Waals surface area contributed by atoms with Crippen molar-refractivity contribution in [2.24, 2.45) is 11.8 Å². The summed E-state index contributed by atoms with van der Waals surface area (Å²) in [4.78, 5) is 50.5. The second kappa shape index (κ2) is 13.6. The van der Waals surface area contributed by atoms with Crippen molar-refractivity contribution in [3.05, 3.63) is 41.9 Å². The van der Waals surface area contributed by atoms with Crippen molar-refractivity contribution in [2.45, 2.75) is 64.0 Å². The van der Waals surface area contributed by atoms with Gasteiger partial charge in [0.2, 0.25) is 11.8 Å². The van der Waals surface area contributed by atoms with Gasteiger partial charge in [-0.25, -0.2) is 9.97 Å². The molecular weight excluding hydrogens is 606 g/mol. The van der Waals surface area contributed by atoms with Crippen LogP contribution in [0.3, 0.4) is 0 Å². The lowest BCUT2D eigenvalue weighted by Gasteiger charge is -2.29. The third kappa shape index (κ3) is 7.30. The number of halogens is 2. The van der Waals surface area contributed by atoms with E-state index in [1.165, 1.54) is 23.5 Å². The monoisotopic (exact) mass is 640 g/mol. The molecule has 2 aromatic heterocycles. The molecule has 6 rings (SSSR count). The molecule has 2 saturated heterocycles. The molecule has 10 nitrogen and oxygen atoms in total. The summed E-state index contributed by atoms with van der Waals surface area (Å²) in [5, 5.41) is 11.8. The average molecular weight is 641 g/mol. The van der Waals surface area contributed by atoms with Crippen LogP contribution in [0.4, 0.5) is 19.7 Å². The van der Waals surface area contributed by atoms with Crippen molar-refractivity contribution in [3.63, 3.8) is 0 Å². The highest BCUT2D eigenvalue weighted by molar-refractivity contribution is 7.14. The van der Waals surface area contributed by atoms with E-state index in [4.69, 9.17) is 14.5 Å². The Morgan fingerprint density at radius 3 is 2.58 bits per heavy atom. The highest BCUT2D eigenvalue weighted by Gasteiger charge is 2.40. The molecule has 2 amide bonds. The molecule has 45 heavy (non-hydrogen) atoms. The Morgan fingerprint density at radius 1 is 1.13 bits per heavy atom. The zero-order chi connectivity index (χ0) is 31.5. The molecule has 0 bridgehead atoms. The maximum atomic E-state index is 14.0. The van der Waals surface area contributed by atoms with Gasteiger partial charge in [-0.1, -0.05) is 0 Å². The Labute approximate surface area is 263 Å². The van der Waals surface area contributed by atoms with Crippen LogP contribution in [0.5, 0.6) is 5.75 Å². The zero-order valence-electron chi connectivity index (χ0n) is 24.6. The molecule has 0 unspecified atom stereocenters. The van der Waals surface area contributed by atoms with Gasteiger partial charge in [0.1, 0.15) is 11.6 Å². The first-order valence-corrected chi connectivity index (χ1v) is 16.1. The molecule has 3 aliphatic rings. The SMILES string of the molecule is O=C(O)C[C@@H](CC1CCOCC1)C(=O)N(c1nc(-c2cc(OC(F)F)ccc2-c2ccc(N3CCCC3=O)nc2)cs1)C1CC1. The van der Waals surface area contributed by atoms with Crippen LogP contribution in [0.15, 0.2) is 41.9 Å². The van der Waals surface area contributed by atoms with Crippen molar-refractivity contribution in [1.82, 2.24) is 9.97 Å². The predicted molar refractivity (Wildman–Crippen MR) is 163 cm³/mol. The molecule has 0 spiro atoms. The number of pyridine rings is 1. The Hall–Kier alpha value is -3.97. The predicted octanol–water partition coefficient (Wildman–Crippen LogP) is 6.00. The Bertz CT molecular complexity index is 1540. The van der Waals surface area contributed by atoms with Gasteiger partial charge in [-0.3, -0.25) is 24.2 Å². The number of ether oxygens (including phenoxy) is 2. The molecule has 4 heterocycles. The van der Waals surface area contributed by atoms with Crippen molar-refractivity contribution < 1.29 is 37.7 Å². The Morgan fingerprint density at radius 2 is 1.93 bits per heavy atom. The first-order valence-electron chi connectivity index (χ1n) is 15.2. The highest BCUT2D eigenvalue weighted by Crippen LogP contribution is 2.41. The first-order chi connectivity index (χ1) is 21.8. The fourth-order valence-corrected chi connectivity index (χ4v) is 6.98. The topological polar surface area (TPSA) is 122 Å². The number of carbonyl (C=O) groups excluding carboxylic acids is 2. The number of anilines is 2. The highest BCUT2D eigenvalue weighted by atomic mass is 32.1. The van der Waals surface area contributed by atoms with Crippen LogP contribution >= 0.6 is 11.3 Å². The molecular formula is C32H34F2N4O6S. The van der Waals surface area contributed by atoms with Crippen LogP contribution in [0.1, 0.15) is 51.4 Å². The van der Waals surface area contributed by atoms with E-state index in [0.717, 1.165) is 32.1 Å². The molecule has 2 aliphatic heterocycles. The molecule has 1 aromatic carbocycles. The number of carboxylic acids is 1. The summed E-state index contributed by atoms with van der Waals surface area (Å²) >= 11 is 1.25. The summed E-state index contributed by atoms with van der Waals surface area (Å²) in [5.74, 6) is -1.23. The third-order valence-corrected chi connectivity index (χ3v) is 9.32. The lowest BCUT2D eigenvalue weighted by Crippen LogP contribution is -2.40. The van der Waals surface area contributed by atoms with E-state index in [1.807, 2.05) is 6.07 Å². The number of carboxylic acid groups (broad SMARTS) is 1. The van der Waals surface area contributed by atoms with Crippen LogP contribution in [-0.2, 0) is 19.1 Å². The second-order valence-corrected chi connectivity index (χ2v) is 12.5. The second-order valence-electron chi connectivity index (χ2n) is 11.7. The van der Waals surface area contributed by atoms with E-state index in [9.17, 15) is 28.3 Å². The van der Waals surface area contributed by atoms with Gasteiger partial charge in [0, 0.05) is 60.8 Å². The molecule has 3 aromatic rings. The van der Waals surface area contributed by atoms with Crippen LogP contribution < -0.4 is 14.5 Å². The molecule has 1 atom stereocenters. The maximum Gasteiger partial charge on any atom is 0.387 e. The van der Waals surface area contributed by atoms with Crippen LogP contribution in [0.25, 0.3) is 22.4 Å². The van der Waals surface area contributed by atoms with Gasteiger partial charge in [0.15, 0.2) is 5.13 Å². The van der Waals surface area contributed by atoms with E-state index in [0.29, 0.717) is 65.9 Å². The zero-order valence-corrected chi connectivity index (χ0v) is 25.4. The average Bonchev–Trinajstić information content (AvgIpc) is 3.57. The lowest BCUT2D eigenvalue weighted by atomic mass is 9.86. The van der Waals surface area contributed by atoms with E-state index in [1.54, 1.807) is 33.5 Å². The number of aliphatic carboxylic acids is 1. The largest absolute Gasteiger partial charge is 0.481 e. The molecule has 1 saturated carbocycles. The quantitative estimate of drug-likeness (QED) is 0.256. The van der Waals surface area contributed by atoms with Gasteiger partial charge in [0.25, 0.3) is 0 Å². The molecule has 238 valence electrons. The van der Waals surface area contributed by atoms with Crippen molar-refractivity contribution >= 4 is 40.1 Å². The summed E-state index contributed by atoms with van der Waals surface area (Å²) in [5.41, 5.74) is 2.32. The summed E-state index contributed by atoms with van der Waals surface area (Å²) in [6.07, 6.45) is 6.26. The number of benzene rings is 1. The number of nitrogens with zero attached hydrogens (tertiary/aromatic N) is 4. The Balaban J connectivity index is 1.31. The maximum absolute atomic E-state index is 14.0. The number of hydrogen-bond donors (Lipinski definition) is 1. The van der Waals surface area contributed by atoms with Gasteiger partial charge in [-0.15, -0.1) is 11.3 Å². The molecule has 1 N–H and O–H groups in total. The fourth-order valence-electron chi connectivity index (χ4n) is 6.08. The van der Waals surface area contributed by atoms with Crippen molar-refractivity contribution in [3.8, 4) is 28.1 Å². The number of amides is 2. The normalized spacial score (nSPS) is 17.9. The van der Waals surface area contributed by atoms with E-state index in [-0.39, 0.29) is 35.9 Å². The molecule has 0 radical (unpaired) electrons. The smallest absolute Gasteiger partial charge is 0.387 e. The summed E-state index contributed by atoms with van der Waals surface area (Å²) in [6, 6.07) is 8.10. The van der Waals surface area contributed by atoms with Gasteiger partial charge < -0.3 is 14.6 Å². The van der Waals surface area contributed by atoms with Crippen molar-refractivity contribution in [2.75, 3.05) is 29.6 Å². The standard InChI is InChI=1S/C32H34F2N4O6S/c33-31(34)44-23-6-7-24(20-3-8-27(35-17-20)37-11-1-2-28(37)39)25(16-23)26-18-45-32(36-26)38(22-4-5-22)30(42)21(15-29(40)41)14-19-9-12-43-13-10-19/h3,6-8,16-19,21-22,31H,1-2,4-5,9-15H2,(H,40,41)/t21-/m1/s1. The van der Waals surface area contributed by atoms with E-state index < -0.39 is 18.5 Å². The van der Waals surface area contributed by atoms with E-state index in [2.05, 4.69) is 4.98 Å². The Kier molecular flexibility index (Phi) is 9.36. The number of hydrogen-bond acceptors (Lipinski definition) is 8. The third-order valence-electron chi connectivity index (χ3n) is 8.48. The lowest BCUT2D eigenvalue weighted by molar-refractivity contribution is -0.141. The number of rotatable bonds is 12.